The van der Waals surface area contributed by atoms with E-state index in [1.165, 1.54) is 58.3 Å². The van der Waals surface area contributed by atoms with Crippen LogP contribution in [0.5, 0.6) is 0 Å². The molecule has 20 heavy (non-hydrogen) atoms. The Morgan fingerprint density at radius 3 is 2.10 bits per heavy atom. The van der Waals surface area contributed by atoms with Crippen molar-refractivity contribution in [1.29, 1.82) is 0 Å². The Kier molecular flexibility index (Phi) is 5.14. The Morgan fingerprint density at radius 2 is 1.65 bits per heavy atom. The van der Waals surface area contributed by atoms with Crippen LogP contribution < -0.4 is 5.73 Å². The van der Waals surface area contributed by atoms with E-state index in [-0.39, 0.29) is 0 Å². The number of hydrogen-bond acceptors (Lipinski definition) is 3. The number of nitrogens with two attached hydrogens (primary N) is 1. The van der Waals surface area contributed by atoms with Crippen molar-refractivity contribution in [3.05, 3.63) is 0 Å². The molecule has 0 radical (unpaired) electrons. The first-order valence-electron chi connectivity index (χ1n) is 8.57. The van der Waals surface area contributed by atoms with Crippen LogP contribution in [0.25, 0.3) is 0 Å². The molecule has 3 nitrogen and oxygen atoms in total. The molecular weight excluding hydrogens is 246 g/mol. The second-order valence-corrected chi connectivity index (χ2v) is 7.84. The average molecular weight is 281 g/mol. The van der Waals surface area contributed by atoms with Gasteiger partial charge < -0.3 is 10.6 Å². The maximum Gasteiger partial charge on any atom is 0.0333 e. The summed E-state index contributed by atoms with van der Waals surface area (Å²) in [4.78, 5) is 5.15. The third kappa shape index (κ3) is 3.20. The summed E-state index contributed by atoms with van der Waals surface area (Å²) in [5.41, 5.74) is 7.05. The van der Waals surface area contributed by atoms with E-state index in [1.807, 2.05) is 0 Å². The molecule has 3 heteroatoms. The van der Waals surface area contributed by atoms with Gasteiger partial charge in [0.2, 0.25) is 0 Å². The highest BCUT2D eigenvalue weighted by Crippen LogP contribution is 2.45. The standard InChI is InChI=1S/C17H35N3/c1-5-16(2,3)15-6-8-17(14-18,9-7-15)20-12-10-19(4)11-13-20/h15H,5-14,18H2,1-4H3. The van der Waals surface area contributed by atoms with Crippen molar-refractivity contribution in [1.82, 2.24) is 9.80 Å². The summed E-state index contributed by atoms with van der Waals surface area (Å²) in [7, 11) is 2.23. The van der Waals surface area contributed by atoms with Crippen LogP contribution >= 0.6 is 0 Å². The number of nitrogens with zero attached hydrogens (tertiary/aromatic N) is 2. The predicted octanol–water partition coefficient (Wildman–Crippen LogP) is 2.56. The van der Waals surface area contributed by atoms with Crippen molar-refractivity contribution in [2.75, 3.05) is 39.8 Å². The Labute approximate surface area is 125 Å². The molecule has 1 saturated heterocycles. The molecule has 0 atom stereocenters. The van der Waals surface area contributed by atoms with Gasteiger partial charge in [-0.3, -0.25) is 4.90 Å². The van der Waals surface area contributed by atoms with Crippen LogP contribution in [0.2, 0.25) is 0 Å². The minimum Gasteiger partial charge on any atom is -0.329 e. The molecule has 2 fully saturated rings. The highest BCUT2D eigenvalue weighted by Gasteiger charge is 2.42. The van der Waals surface area contributed by atoms with Crippen molar-refractivity contribution < 1.29 is 0 Å². The van der Waals surface area contributed by atoms with Gasteiger partial charge in [-0.1, -0.05) is 27.2 Å². The van der Waals surface area contributed by atoms with Crippen LogP contribution in [-0.2, 0) is 0 Å². The summed E-state index contributed by atoms with van der Waals surface area (Å²) in [5.74, 6) is 0.889. The molecule has 0 unspecified atom stereocenters. The van der Waals surface area contributed by atoms with Gasteiger partial charge in [0.15, 0.2) is 0 Å². The van der Waals surface area contributed by atoms with Crippen LogP contribution in [0, 0.1) is 11.3 Å². The largest absolute Gasteiger partial charge is 0.329 e. The third-order valence-electron chi connectivity index (χ3n) is 6.49. The summed E-state index contributed by atoms with van der Waals surface area (Å²) >= 11 is 0. The highest BCUT2D eigenvalue weighted by molar-refractivity contribution is 4.99. The first-order chi connectivity index (χ1) is 9.43. The minimum absolute atomic E-state index is 0.307. The van der Waals surface area contributed by atoms with Gasteiger partial charge in [0.25, 0.3) is 0 Å². The van der Waals surface area contributed by atoms with E-state index in [0.29, 0.717) is 11.0 Å². The smallest absolute Gasteiger partial charge is 0.0333 e. The molecule has 1 saturated carbocycles. The van der Waals surface area contributed by atoms with Gasteiger partial charge in [-0.05, 0) is 44.1 Å². The van der Waals surface area contributed by atoms with E-state index in [0.717, 1.165) is 12.5 Å². The molecule has 0 bridgehead atoms. The molecule has 2 N–H and O–H groups in total. The Hall–Kier alpha value is -0.120. The fourth-order valence-corrected chi connectivity index (χ4v) is 4.16. The van der Waals surface area contributed by atoms with Gasteiger partial charge >= 0.3 is 0 Å². The minimum atomic E-state index is 0.307. The maximum atomic E-state index is 6.24. The molecule has 0 spiro atoms. The fourth-order valence-electron chi connectivity index (χ4n) is 4.16. The van der Waals surface area contributed by atoms with E-state index < -0.39 is 0 Å². The summed E-state index contributed by atoms with van der Waals surface area (Å²) in [6.45, 7) is 12.9. The van der Waals surface area contributed by atoms with Crippen molar-refractivity contribution in [2.45, 2.75) is 58.4 Å². The topological polar surface area (TPSA) is 32.5 Å². The Bertz CT molecular complexity index is 297. The van der Waals surface area contributed by atoms with Crippen molar-refractivity contribution in [2.24, 2.45) is 17.1 Å². The van der Waals surface area contributed by atoms with Crippen molar-refractivity contribution in [3.63, 3.8) is 0 Å². The van der Waals surface area contributed by atoms with Crippen LogP contribution in [0.15, 0.2) is 0 Å². The van der Waals surface area contributed by atoms with Gasteiger partial charge in [-0.2, -0.15) is 0 Å². The molecule has 1 aliphatic heterocycles. The normalized spacial score (nSPS) is 34.4. The third-order valence-corrected chi connectivity index (χ3v) is 6.49. The summed E-state index contributed by atoms with van der Waals surface area (Å²) in [6, 6.07) is 0. The monoisotopic (exact) mass is 281 g/mol. The zero-order chi connectivity index (χ0) is 14.8. The molecule has 118 valence electrons. The summed E-state index contributed by atoms with van der Waals surface area (Å²) in [6.07, 6.45) is 6.64. The van der Waals surface area contributed by atoms with E-state index in [2.05, 4.69) is 37.6 Å². The van der Waals surface area contributed by atoms with Crippen molar-refractivity contribution in [3.8, 4) is 0 Å². The molecule has 1 heterocycles. The highest BCUT2D eigenvalue weighted by atomic mass is 15.3. The van der Waals surface area contributed by atoms with E-state index in [9.17, 15) is 0 Å². The van der Waals surface area contributed by atoms with Gasteiger partial charge in [0.05, 0.1) is 0 Å². The molecule has 0 aromatic carbocycles. The lowest BCUT2D eigenvalue weighted by atomic mass is 9.65. The lowest BCUT2D eigenvalue weighted by molar-refractivity contribution is -0.00754. The fraction of sp³-hybridized carbons (Fsp3) is 1.00. The second-order valence-electron chi connectivity index (χ2n) is 7.84. The zero-order valence-corrected chi connectivity index (χ0v) is 14.1. The van der Waals surface area contributed by atoms with Crippen LogP contribution in [0.1, 0.15) is 52.9 Å². The van der Waals surface area contributed by atoms with E-state index in [4.69, 9.17) is 5.73 Å². The zero-order valence-electron chi connectivity index (χ0n) is 14.1. The molecule has 1 aliphatic carbocycles. The first kappa shape index (κ1) is 16.3. The van der Waals surface area contributed by atoms with Gasteiger partial charge in [0, 0.05) is 38.3 Å². The molecule has 2 rings (SSSR count). The quantitative estimate of drug-likeness (QED) is 0.859. The summed E-state index contributed by atoms with van der Waals surface area (Å²) in [5, 5.41) is 0. The Morgan fingerprint density at radius 1 is 1.10 bits per heavy atom. The number of hydrogen-bond donors (Lipinski definition) is 1. The lowest BCUT2D eigenvalue weighted by Gasteiger charge is -2.52. The maximum absolute atomic E-state index is 6.24. The second kappa shape index (κ2) is 6.33. The van der Waals surface area contributed by atoms with E-state index in [1.54, 1.807) is 0 Å². The van der Waals surface area contributed by atoms with Gasteiger partial charge in [-0.25, -0.2) is 0 Å². The Balaban J connectivity index is 1.98. The molecule has 0 aromatic heterocycles. The predicted molar refractivity (Wildman–Crippen MR) is 86.9 cm³/mol. The average Bonchev–Trinajstić information content (AvgIpc) is 2.48. The first-order valence-corrected chi connectivity index (χ1v) is 8.57. The van der Waals surface area contributed by atoms with Crippen LogP contribution in [0.4, 0.5) is 0 Å². The van der Waals surface area contributed by atoms with Crippen LogP contribution in [-0.4, -0.2) is 55.1 Å². The van der Waals surface area contributed by atoms with E-state index >= 15 is 0 Å². The number of piperazine rings is 1. The summed E-state index contributed by atoms with van der Waals surface area (Å²) < 4.78 is 0. The molecule has 0 amide bonds. The van der Waals surface area contributed by atoms with Crippen LogP contribution in [0.3, 0.4) is 0 Å². The van der Waals surface area contributed by atoms with Gasteiger partial charge in [0.1, 0.15) is 0 Å². The lowest BCUT2D eigenvalue weighted by Crippen LogP contribution is -2.61. The van der Waals surface area contributed by atoms with Gasteiger partial charge in [-0.15, -0.1) is 0 Å². The van der Waals surface area contributed by atoms with Crippen molar-refractivity contribution >= 4 is 0 Å². The molecule has 2 aliphatic rings. The number of likely N-dealkylation sites (N-methyl/N-ethyl adjacent to an activating group) is 1. The molecular formula is C17H35N3. The number of rotatable bonds is 4. The molecule has 0 aromatic rings. The SMILES string of the molecule is CCC(C)(C)C1CCC(CN)(N2CCN(C)CC2)CC1.